The minimum absolute atomic E-state index is 0.302. The lowest BCUT2D eigenvalue weighted by molar-refractivity contribution is -0.0561. The summed E-state index contributed by atoms with van der Waals surface area (Å²) in [7, 11) is 0. The van der Waals surface area contributed by atoms with Crippen LogP contribution in [0.15, 0.2) is 0 Å². The molecule has 0 fully saturated rings. The van der Waals surface area contributed by atoms with Crippen molar-refractivity contribution in [3.8, 4) is 0 Å². The summed E-state index contributed by atoms with van der Waals surface area (Å²) in [6, 6.07) is 0. The first kappa shape index (κ1) is 23.2. The molecule has 0 aliphatic rings. The highest BCUT2D eigenvalue weighted by atomic mass is 35.5. The predicted octanol–water partition coefficient (Wildman–Crippen LogP) is 6.65. The van der Waals surface area contributed by atoms with Crippen molar-refractivity contribution >= 4 is 11.6 Å². The molecule has 0 spiro atoms. The molecule has 2 nitrogen and oxygen atoms in total. The second-order valence-corrected chi connectivity index (χ2v) is 8.33. The molecule has 140 valence electrons. The topological polar surface area (TPSA) is 18.5 Å². The Morgan fingerprint density at radius 3 is 1.91 bits per heavy atom. The fourth-order valence-electron chi connectivity index (χ4n) is 3.40. The van der Waals surface area contributed by atoms with E-state index >= 15 is 0 Å². The third-order valence-corrected chi connectivity index (χ3v) is 4.56. The van der Waals surface area contributed by atoms with E-state index in [2.05, 4.69) is 34.6 Å². The first-order valence-electron chi connectivity index (χ1n) is 9.75. The van der Waals surface area contributed by atoms with Crippen LogP contribution >= 0.6 is 11.6 Å². The van der Waals surface area contributed by atoms with E-state index in [0.717, 1.165) is 50.2 Å². The third-order valence-electron chi connectivity index (χ3n) is 4.38. The van der Waals surface area contributed by atoms with E-state index in [4.69, 9.17) is 21.1 Å². The summed E-state index contributed by atoms with van der Waals surface area (Å²) in [4.78, 5) is 0. The van der Waals surface area contributed by atoms with Gasteiger partial charge < -0.3 is 9.47 Å². The Hall–Kier alpha value is 0.210. The highest BCUT2D eigenvalue weighted by Crippen LogP contribution is 2.25. The van der Waals surface area contributed by atoms with Gasteiger partial charge in [0.1, 0.15) is 6.79 Å². The van der Waals surface area contributed by atoms with Crippen LogP contribution in [0.25, 0.3) is 0 Å². The highest BCUT2D eigenvalue weighted by Gasteiger charge is 2.14. The lowest BCUT2D eigenvalue weighted by atomic mass is 9.86. The van der Waals surface area contributed by atoms with Gasteiger partial charge >= 0.3 is 0 Å². The second-order valence-electron chi connectivity index (χ2n) is 7.59. The zero-order chi connectivity index (χ0) is 17.5. The Balaban J connectivity index is 3.46. The Bertz CT molecular complexity index is 246. The molecule has 0 rings (SSSR count). The highest BCUT2D eigenvalue weighted by molar-refractivity contribution is 6.20. The van der Waals surface area contributed by atoms with Crippen LogP contribution in [0.2, 0.25) is 0 Å². The van der Waals surface area contributed by atoms with E-state index in [9.17, 15) is 0 Å². The summed E-state index contributed by atoms with van der Waals surface area (Å²) in [6.45, 7) is 13.5. The molecule has 23 heavy (non-hydrogen) atoms. The molecule has 0 aromatic heterocycles. The van der Waals surface area contributed by atoms with E-state index in [1.165, 1.54) is 32.1 Å². The Morgan fingerprint density at radius 2 is 1.30 bits per heavy atom. The molecule has 0 aromatic rings. The van der Waals surface area contributed by atoms with Crippen molar-refractivity contribution < 1.29 is 9.47 Å². The van der Waals surface area contributed by atoms with Crippen molar-refractivity contribution in [2.24, 2.45) is 17.8 Å². The molecule has 0 heterocycles. The van der Waals surface area contributed by atoms with E-state index < -0.39 is 0 Å². The van der Waals surface area contributed by atoms with Gasteiger partial charge in [0.05, 0.1) is 0 Å². The number of unbranched alkanes of at least 4 members (excludes halogenated alkanes) is 2. The van der Waals surface area contributed by atoms with E-state index in [1.807, 2.05) is 0 Å². The molecule has 0 radical (unpaired) electrons. The summed E-state index contributed by atoms with van der Waals surface area (Å²) >= 11 is 6.08. The van der Waals surface area contributed by atoms with Crippen LogP contribution in [0.1, 0.15) is 86.0 Å². The number of hydrogen-bond donors (Lipinski definition) is 0. The van der Waals surface area contributed by atoms with Crippen LogP contribution < -0.4 is 0 Å². The van der Waals surface area contributed by atoms with Crippen molar-refractivity contribution in [3.05, 3.63) is 0 Å². The van der Waals surface area contributed by atoms with Gasteiger partial charge in [-0.3, -0.25) is 0 Å². The summed E-state index contributed by atoms with van der Waals surface area (Å²) in [5.74, 6) is 2.30. The van der Waals surface area contributed by atoms with E-state index in [0.29, 0.717) is 12.2 Å². The monoisotopic (exact) mass is 348 g/mol. The average Bonchev–Trinajstić information content (AvgIpc) is 2.44. The van der Waals surface area contributed by atoms with Gasteiger partial charge in [-0.25, -0.2) is 0 Å². The molecule has 0 saturated heterocycles. The van der Waals surface area contributed by atoms with Crippen molar-refractivity contribution in [3.63, 3.8) is 0 Å². The number of halogens is 1. The normalized spacial score (nSPS) is 17.0. The summed E-state index contributed by atoms with van der Waals surface area (Å²) in [6.07, 6.45) is 9.77. The average molecular weight is 349 g/mol. The molecule has 4 atom stereocenters. The minimum atomic E-state index is 0.302. The molecular formula is C20H41ClO2. The van der Waals surface area contributed by atoms with Gasteiger partial charge in [0.25, 0.3) is 0 Å². The predicted molar refractivity (Wildman–Crippen MR) is 102 cm³/mol. The minimum Gasteiger partial charge on any atom is -0.355 e. The maximum Gasteiger partial charge on any atom is 0.146 e. The van der Waals surface area contributed by atoms with Crippen molar-refractivity contribution in [1.29, 1.82) is 0 Å². The van der Waals surface area contributed by atoms with Crippen LogP contribution in [0.5, 0.6) is 0 Å². The van der Waals surface area contributed by atoms with Gasteiger partial charge in [-0.05, 0) is 63.2 Å². The van der Waals surface area contributed by atoms with E-state index in [-0.39, 0.29) is 0 Å². The maximum absolute atomic E-state index is 6.08. The SMILES string of the molecule is CCCCCOCOCCCC(C)CC(C)CC(C)CC(C)Cl. The molecule has 3 heteroatoms. The Kier molecular flexibility index (Phi) is 15.9. The molecule has 0 aliphatic carbocycles. The smallest absolute Gasteiger partial charge is 0.146 e. The van der Waals surface area contributed by atoms with Crippen molar-refractivity contribution in [2.45, 2.75) is 91.4 Å². The summed E-state index contributed by atoms with van der Waals surface area (Å²) in [5, 5.41) is 0.302. The van der Waals surface area contributed by atoms with Gasteiger partial charge in [-0.15, -0.1) is 11.6 Å². The molecule has 0 saturated carbocycles. The van der Waals surface area contributed by atoms with Crippen LogP contribution in [0, 0.1) is 17.8 Å². The molecular weight excluding hydrogens is 308 g/mol. The maximum atomic E-state index is 6.08. The molecule has 0 N–H and O–H groups in total. The number of hydrogen-bond acceptors (Lipinski definition) is 2. The van der Waals surface area contributed by atoms with Gasteiger partial charge in [0.15, 0.2) is 0 Å². The van der Waals surface area contributed by atoms with Crippen LogP contribution in [0.3, 0.4) is 0 Å². The van der Waals surface area contributed by atoms with E-state index in [1.54, 1.807) is 0 Å². The first-order valence-corrected chi connectivity index (χ1v) is 10.2. The third kappa shape index (κ3) is 16.8. The number of ether oxygens (including phenoxy) is 2. The fraction of sp³-hybridized carbons (Fsp3) is 1.00. The lowest BCUT2D eigenvalue weighted by Gasteiger charge is -2.21. The zero-order valence-electron chi connectivity index (χ0n) is 16.3. The Labute approximate surface area is 150 Å². The van der Waals surface area contributed by atoms with Crippen molar-refractivity contribution in [2.75, 3.05) is 20.0 Å². The van der Waals surface area contributed by atoms with Crippen LogP contribution in [0.4, 0.5) is 0 Å². The molecule has 0 aliphatic heterocycles. The number of rotatable bonds is 16. The first-order chi connectivity index (χ1) is 11.0. The lowest BCUT2D eigenvalue weighted by Crippen LogP contribution is -2.11. The molecule has 0 amide bonds. The second kappa shape index (κ2) is 15.7. The van der Waals surface area contributed by atoms with Gasteiger partial charge in [-0.1, -0.05) is 40.5 Å². The summed E-state index contributed by atoms with van der Waals surface area (Å²) in [5.41, 5.74) is 0. The summed E-state index contributed by atoms with van der Waals surface area (Å²) < 4.78 is 11.0. The molecule has 0 bridgehead atoms. The fourth-order valence-corrected chi connectivity index (χ4v) is 3.71. The van der Waals surface area contributed by atoms with Gasteiger partial charge in [-0.2, -0.15) is 0 Å². The van der Waals surface area contributed by atoms with Crippen LogP contribution in [-0.2, 0) is 9.47 Å². The van der Waals surface area contributed by atoms with Crippen molar-refractivity contribution in [1.82, 2.24) is 0 Å². The van der Waals surface area contributed by atoms with Crippen LogP contribution in [-0.4, -0.2) is 25.4 Å². The number of alkyl halides is 1. The quantitative estimate of drug-likeness (QED) is 0.176. The molecule has 0 aromatic carbocycles. The Morgan fingerprint density at radius 1 is 0.739 bits per heavy atom. The van der Waals surface area contributed by atoms with Gasteiger partial charge in [0, 0.05) is 18.6 Å². The largest absolute Gasteiger partial charge is 0.355 e. The zero-order valence-corrected chi connectivity index (χ0v) is 17.0. The van der Waals surface area contributed by atoms with Gasteiger partial charge in [0.2, 0.25) is 0 Å². The standard InChI is InChI=1S/C20H41ClO2/c1-6-7-8-11-22-16-23-12-9-10-17(2)13-18(3)14-19(4)15-20(5)21/h17-20H,6-16H2,1-5H3. The molecule has 4 unspecified atom stereocenters.